The summed E-state index contributed by atoms with van der Waals surface area (Å²) in [6.45, 7) is 11.6. The molecular formula is C14H22N4. The number of nitrogens with zero attached hydrogens (tertiary/aromatic N) is 3. The number of H-pyrrole nitrogens is 1. The van der Waals surface area contributed by atoms with Gasteiger partial charge in [0.25, 0.3) is 0 Å². The molecular weight excluding hydrogens is 224 g/mol. The summed E-state index contributed by atoms with van der Waals surface area (Å²) < 4.78 is 2.15. The minimum absolute atomic E-state index is 0.000288. The summed E-state index contributed by atoms with van der Waals surface area (Å²) >= 11 is 0. The normalized spacial score (nSPS) is 12.3. The van der Waals surface area contributed by atoms with E-state index >= 15 is 0 Å². The van der Waals surface area contributed by atoms with E-state index in [0.717, 1.165) is 23.6 Å². The van der Waals surface area contributed by atoms with Gasteiger partial charge in [0.05, 0.1) is 17.7 Å². The van der Waals surface area contributed by atoms with Crippen molar-refractivity contribution in [2.24, 2.45) is 0 Å². The van der Waals surface area contributed by atoms with Crippen molar-refractivity contribution in [3.63, 3.8) is 0 Å². The fourth-order valence-electron chi connectivity index (χ4n) is 2.06. The molecule has 2 aromatic rings. The van der Waals surface area contributed by atoms with Crippen LogP contribution in [0.3, 0.4) is 0 Å². The minimum atomic E-state index is -0.000288. The number of aromatic nitrogens is 4. The van der Waals surface area contributed by atoms with Gasteiger partial charge in [0.2, 0.25) is 0 Å². The van der Waals surface area contributed by atoms with Gasteiger partial charge in [-0.05, 0) is 18.9 Å². The van der Waals surface area contributed by atoms with Gasteiger partial charge in [0.15, 0.2) is 0 Å². The zero-order chi connectivity index (χ0) is 13.3. The van der Waals surface area contributed by atoms with Crippen molar-refractivity contribution in [2.45, 2.75) is 52.5 Å². The molecule has 0 unspecified atom stereocenters. The molecule has 0 aromatic carbocycles. The molecule has 0 bridgehead atoms. The molecule has 0 aliphatic carbocycles. The Kier molecular flexibility index (Phi) is 3.28. The van der Waals surface area contributed by atoms with Crippen LogP contribution in [-0.4, -0.2) is 19.7 Å². The lowest BCUT2D eigenvalue weighted by molar-refractivity contribution is 0.422. The third kappa shape index (κ3) is 2.63. The Morgan fingerprint density at radius 2 is 2.11 bits per heavy atom. The lowest BCUT2D eigenvalue weighted by Crippen LogP contribution is -2.24. The first kappa shape index (κ1) is 12.9. The number of aryl methyl sites for hydroxylation is 1. The Morgan fingerprint density at radius 3 is 2.61 bits per heavy atom. The van der Waals surface area contributed by atoms with Crippen LogP contribution in [0.5, 0.6) is 0 Å². The van der Waals surface area contributed by atoms with E-state index in [-0.39, 0.29) is 5.41 Å². The van der Waals surface area contributed by atoms with E-state index in [9.17, 15) is 0 Å². The van der Waals surface area contributed by atoms with Crippen molar-refractivity contribution in [1.29, 1.82) is 0 Å². The smallest absolute Gasteiger partial charge is 0.0949 e. The van der Waals surface area contributed by atoms with E-state index in [2.05, 4.69) is 59.7 Å². The maximum Gasteiger partial charge on any atom is 0.0949 e. The van der Waals surface area contributed by atoms with Gasteiger partial charge in [-0.3, -0.25) is 5.10 Å². The number of imidazole rings is 1. The zero-order valence-electron chi connectivity index (χ0n) is 11.9. The number of rotatable bonds is 4. The number of hydrogen-bond acceptors (Lipinski definition) is 2. The first-order chi connectivity index (χ1) is 8.38. The largest absolute Gasteiger partial charge is 0.336 e. The zero-order valence-corrected chi connectivity index (χ0v) is 11.9. The SMILES string of the molecule is Cc1cc(C(C)(C)Cn2cnc(C(C)C)c2)n[nH]1. The molecule has 1 N–H and O–H groups in total. The molecule has 4 nitrogen and oxygen atoms in total. The van der Waals surface area contributed by atoms with E-state index in [1.807, 2.05) is 13.3 Å². The van der Waals surface area contributed by atoms with Gasteiger partial charge in [-0.1, -0.05) is 27.7 Å². The molecule has 18 heavy (non-hydrogen) atoms. The van der Waals surface area contributed by atoms with Gasteiger partial charge in [-0.25, -0.2) is 4.98 Å². The fourth-order valence-corrected chi connectivity index (χ4v) is 2.06. The van der Waals surface area contributed by atoms with E-state index in [0.29, 0.717) is 5.92 Å². The quantitative estimate of drug-likeness (QED) is 0.901. The van der Waals surface area contributed by atoms with Gasteiger partial charge in [-0.15, -0.1) is 0 Å². The summed E-state index contributed by atoms with van der Waals surface area (Å²) in [6, 6.07) is 2.11. The second kappa shape index (κ2) is 4.59. The monoisotopic (exact) mass is 246 g/mol. The highest BCUT2D eigenvalue weighted by molar-refractivity contribution is 5.16. The molecule has 0 saturated carbocycles. The molecule has 0 aliphatic heterocycles. The summed E-state index contributed by atoms with van der Waals surface area (Å²) in [7, 11) is 0. The molecule has 98 valence electrons. The van der Waals surface area contributed by atoms with Crippen LogP contribution in [0, 0.1) is 6.92 Å². The van der Waals surface area contributed by atoms with Gasteiger partial charge in [0, 0.05) is 23.9 Å². The molecule has 0 saturated heterocycles. The third-order valence-corrected chi connectivity index (χ3v) is 3.22. The lowest BCUT2D eigenvalue weighted by atomic mass is 9.89. The maximum atomic E-state index is 4.43. The third-order valence-electron chi connectivity index (χ3n) is 3.22. The Balaban J connectivity index is 2.16. The van der Waals surface area contributed by atoms with E-state index < -0.39 is 0 Å². The second-order valence-electron chi connectivity index (χ2n) is 5.95. The number of aromatic amines is 1. The number of nitrogens with one attached hydrogen (secondary N) is 1. The summed E-state index contributed by atoms with van der Waals surface area (Å²) in [4.78, 5) is 4.43. The topological polar surface area (TPSA) is 46.5 Å². The van der Waals surface area contributed by atoms with Crippen molar-refractivity contribution in [1.82, 2.24) is 19.7 Å². The second-order valence-corrected chi connectivity index (χ2v) is 5.95. The van der Waals surface area contributed by atoms with Crippen LogP contribution in [0.4, 0.5) is 0 Å². The van der Waals surface area contributed by atoms with Crippen molar-refractivity contribution < 1.29 is 0 Å². The lowest BCUT2D eigenvalue weighted by Gasteiger charge is -2.22. The Morgan fingerprint density at radius 1 is 1.39 bits per heavy atom. The van der Waals surface area contributed by atoms with Crippen LogP contribution < -0.4 is 0 Å². The first-order valence-corrected chi connectivity index (χ1v) is 6.42. The average Bonchev–Trinajstić information content (AvgIpc) is 2.86. The van der Waals surface area contributed by atoms with Crippen LogP contribution in [0.2, 0.25) is 0 Å². The predicted octanol–water partition coefficient (Wildman–Crippen LogP) is 3.02. The van der Waals surface area contributed by atoms with Crippen molar-refractivity contribution in [3.8, 4) is 0 Å². The average molecular weight is 246 g/mol. The standard InChI is InChI=1S/C14H22N4/c1-10(2)12-7-18(9-15-12)8-14(4,5)13-6-11(3)16-17-13/h6-7,9-10H,8H2,1-5H3,(H,16,17). The molecule has 2 rings (SSSR count). The van der Waals surface area contributed by atoms with Gasteiger partial charge >= 0.3 is 0 Å². The maximum absolute atomic E-state index is 4.43. The molecule has 0 atom stereocenters. The molecule has 0 radical (unpaired) electrons. The summed E-state index contributed by atoms with van der Waals surface area (Å²) in [5.41, 5.74) is 3.34. The Hall–Kier alpha value is -1.58. The molecule has 4 heteroatoms. The molecule has 0 amide bonds. The first-order valence-electron chi connectivity index (χ1n) is 6.42. The molecule has 0 spiro atoms. The molecule has 0 fully saturated rings. The number of hydrogen-bond donors (Lipinski definition) is 1. The summed E-state index contributed by atoms with van der Waals surface area (Å²) in [6.07, 6.45) is 4.04. The van der Waals surface area contributed by atoms with Crippen LogP contribution in [0.15, 0.2) is 18.6 Å². The van der Waals surface area contributed by atoms with Crippen LogP contribution in [0.1, 0.15) is 50.7 Å². The van der Waals surface area contributed by atoms with Gasteiger partial charge < -0.3 is 4.57 Å². The van der Waals surface area contributed by atoms with Crippen LogP contribution in [0.25, 0.3) is 0 Å². The van der Waals surface area contributed by atoms with E-state index in [1.54, 1.807) is 0 Å². The van der Waals surface area contributed by atoms with Crippen molar-refractivity contribution >= 4 is 0 Å². The van der Waals surface area contributed by atoms with Crippen molar-refractivity contribution in [2.75, 3.05) is 0 Å². The highest BCUT2D eigenvalue weighted by atomic mass is 15.1. The van der Waals surface area contributed by atoms with Gasteiger partial charge in [0.1, 0.15) is 0 Å². The Bertz CT molecular complexity index is 519. The highest BCUT2D eigenvalue weighted by Gasteiger charge is 2.24. The predicted molar refractivity (Wildman–Crippen MR) is 72.7 cm³/mol. The molecule has 0 aliphatic rings. The summed E-state index contributed by atoms with van der Waals surface area (Å²) in [5.74, 6) is 0.474. The fraction of sp³-hybridized carbons (Fsp3) is 0.571. The van der Waals surface area contributed by atoms with E-state index in [4.69, 9.17) is 0 Å². The van der Waals surface area contributed by atoms with Crippen LogP contribution in [-0.2, 0) is 12.0 Å². The molecule has 2 aromatic heterocycles. The van der Waals surface area contributed by atoms with E-state index in [1.165, 1.54) is 0 Å². The Labute approximate surface area is 108 Å². The summed E-state index contributed by atoms with van der Waals surface area (Å²) in [5, 5.41) is 7.38. The minimum Gasteiger partial charge on any atom is -0.336 e. The highest BCUT2D eigenvalue weighted by Crippen LogP contribution is 2.24. The van der Waals surface area contributed by atoms with Crippen LogP contribution >= 0.6 is 0 Å². The molecule has 2 heterocycles. The van der Waals surface area contributed by atoms with Gasteiger partial charge in [-0.2, -0.15) is 5.10 Å². The van der Waals surface area contributed by atoms with Crippen molar-refractivity contribution in [3.05, 3.63) is 35.7 Å².